The van der Waals surface area contributed by atoms with Crippen LogP contribution in [0.1, 0.15) is 16.7 Å². The second-order valence-electron chi connectivity index (χ2n) is 5.00. The largest absolute Gasteiger partial charge is 0.454 e. The van der Waals surface area contributed by atoms with Crippen molar-refractivity contribution in [2.75, 3.05) is 13.9 Å². The Hall–Kier alpha value is -2.04. The third-order valence-corrected chi connectivity index (χ3v) is 3.46. The molecule has 0 amide bonds. The Morgan fingerprint density at radius 2 is 1.81 bits per heavy atom. The van der Waals surface area contributed by atoms with E-state index in [1.165, 1.54) is 11.1 Å². The van der Waals surface area contributed by atoms with E-state index >= 15 is 0 Å². The lowest BCUT2D eigenvalue weighted by atomic mass is 10.1. The van der Waals surface area contributed by atoms with Crippen molar-refractivity contribution in [3.8, 4) is 11.5 Å². The van der Waals surface area contributed by atoms with Gasteiger partial charge in [-0.25, -0.2) is 0 Å². The summed E-state index contributed by atoms with van der Waals surface area (Å²) in [6.45, 7) is 2.54. The van der Waals surface area contributed by atoms with Crippen molar-refractivity contribution in [1.29, 1.82) is 0 Å². The Morgan fingerprint density at radius 3 is 2.62 bits per heavy atom. The number of rotatable bonds is 6. The minimum atomic E-state index is 0.313. The van der Waals surface area contributed by atoms with Gasteiger partial charge in [0.05, 0.1) is 6.61 Å². The maximum absolute atomic E-state index is 5.50. The summed E-state index contributed by atoms with van der Waals surface area (Å²) in [4.78, 5) is 0. The van der Waals surface area contributed by atoms with Gasteiger partial charge in [0.2, 0.25) is 6.79 Å². The van der Waals surface area contributed by atoms with Gasteiger partial charge in [-0.3, -0.25) is 0 Å². The van der Waals surface area contributed by atoms with Crippen LogP contribution in [0, 0.1) is 0 Å². The monoisotopic (exact) mass is 285 g/mol. The number of methoxy groups -OCH3 is 1. The fourth-order valence-electron chi connectivity index (χ4n) is 2.39. The number of nitrogens with one attached hydrogen (secondary N) is 1. The average molecular weight is 285 g/mol. The van der Waals surface area contributed by atoms with Crippen molar-refractivity contribution >= 4 is 0 Å². The number of fused-ring (bicyclic) bond motifs is 1. The summed E-state index contributed by atoms with van der Waals surface area (Å²) in [6, 6.07) is 14.4. The molecule has 0 saturated carbocycles. The molecule has 1 aliphatic rings. The molecule has 110 valence electrons. The zero-order valence-corrected chi connectivity index (χ0v) is 12.1. The van der Waals surface area contributed by atoms with E-state index in [4.69, 9.17) is 14.2 Å². The van der Waals surface area contributed by atoms with Crippen molar-refractivity contribution in [2.24, 2.45) is 0 Å². The molecule has 0 unspecified atom stereocenters. The standard InChI is InChI=1S/C17H19NO3/c1-19-11-14-7-5-13(6-8-14)9-18-10-15-3-2-4-16-17(15)21-12-20-16/h2-8,18H,9-12H2,1H3. The molecule has 2 aromatic carbocycles. The zero-order valence-electron chi connectivity index (χ0n) is 12.1. The number of ether oxygens (including phenoxy) is 3. The van der Waals surface area contributed by atoms with Crippen LogP contribution in [-0.2, 0) is 24.4 Å². The molecule has 0 fully saturated rings. The minimum Gasteiger partial charge on any atom is -0.454 e. The third kappa shape index (κ3) is 3.35. The van der Waals surface area contributed by atoms with Crippen LogP contribution in [-0.4, -0.2) is 13.9 Å². The van der Waals surface area contributed by atoms with Gasteiger partial charge in [-0.1, -0.05) is 36.4 Å². The summed E-state index contributed by atoms with van der Waals surface area (Å²) in [6.07, 6.45) is 0. The Kier molecular flexibility index (Phi) is 4.38. The molecule has 0 aliphatic carbocycles. The number of para-hydroxylation sites is 1. The first-order valence-electron chi connectivity index (χ1n) is 7.02. The molecule has 1 heterocycles. The summed E-state index contributed by atoms with van der Waals surface area (Å²) >= 11 is 0. The van der Waals surface area contributed by atoms with E-state index in [1.807, 2.05) is 12.1 Å². The van der Waals surface area contributed by atoms with Gasteiger partial charge in [0, 0.05) is 25.8 Å². The normalized spacial score (nSPS) is 12.6. The van der Waals surface area contributed by atoms with Crippen molar-refractivity contribution in [3.63, 3.8) is 0 Å². The molecule has 0 spiro atoms. The summed E-state index contributed by atoms with van der Waals surface area (Å²) in [7, 11) is 1.71. The maximum atomic E-state index is 5.50. The van der Waals surface area contributed by atoms with E-state index in [-0.39, 0.29) is 0 Å². The van der Waals surface area contributed by atoms with Crippen LogP contribution >= 0.6 is 0 Å². The van der Waals surface area contributed by atoms with E-state index < -0.39 is 0 Å². The molecule has 21 heavy (non-hydrogen) atoms. The summed E-state index contributed by atoms with van der Waals surface area (Å²) in [5.74, 6) is 1.69. The summed E-state index contributed by atoms with van der Waals surface area (Å²) in [5.41, 5.74) is 3.56. The molecule has 0 atom stereocenters. The van der Waals surface area contributed by atoms with Gasteiger partial charge in [0.25, 0.3) is 0 Å². The lowest BCUT2D eigenvalue weighted by Gasteiger charge is -2.08. The lowest BCUT2D eigenvalue weighted by molar-refractivity contribution is 0.173. The van der Waals surface area contributed by atoms with Gasteiger partial charge in [-0.2, -0.15) is 0 Å². The number of benzene rings is 2. The van der Waals surface area contributed by atoms with Crippen molar-refractivity contribution in [2.45, 2.75) is 19.7 Å². The molecular formula is C17H19NO3. The van der Waals surface area contributed by atoms with Crippen LogP contribution in [0.25, 0.3) is 0 Å². The predicted octanol–water partition coefficient (Wildman–Crippen LogP) is 2.85. The van der Waals surface area contributed by atoms with Crippen LogP contribution in [0.15, 0.2) is 42.5 Å². The fraction of sp³-hybridized carbons (Fsp3) is 0.294. The molecule has 0 saturated heterocycles. The smallest absolute Gasteiger partial charge is 0.231 e. The highest BCUT2D eigenvalue weighted by Gasteiger charge is 2.16. The molecule has 0 aromatic heterocycles. The van der Waals surface area contributed by atoms with Crippen LogP contribution in [0.4, 0.5) is 0 Å². The topological polar surface area (TPSA) is 39.7 Å². The van der Waals surface area contributed by atoms with Crippen molar-refractivity contribution in [1.82, 2.24) is 5.32 Å². The SMILES string of the molecule is COCc1ccc(CNCc2cccc3c2OCO3)cc1. The van der Waals surface area contributed by atoms with E-state index in [1.54, 1.807) is 7.11 Å². The van der Waals surface area contributed by atoms with Crippen LogP contribution < -0.4 is 14.8 Å². The highest BCUT2D eigenvalue weighted by Crippen LogP contribution is 2.35. The molecule has 0 radical (unpaired) electrons. The first-order valence-corrected chi connectivity index (χ1v) is 7.02. The van der Waals surface area contributed by atoms with E-state index in [9.17, 15) is 0 Å². The van der Waals surface area contributed by atoms with E-state index in [0.717, 1.165) is 30.2 Å². The van der Waals surface area contributed by atoms with Crippen molar-refractivity contribution in [3.05, 3.63) is 59.2 Å². The van der Waals surface area contributed by atoms with Gasteiger partial charge in [-0.05, 0) is 17.2 Å². The van der Waals surface area contributed by atoms with Crippen LogP contribution in [0.2, 0.25) is 0 Å². The Bertz CT molecular complexity index is 595. The highest BCUT2D eigenvalue weighted by atomic mass is 16.7. The average Bonchev–Trinajstić information content (AvgIpc) is 2.99. The number of hydrogen-bond donors (Lipinski definition) is 1. The number of hydrogen-bond acceptors (Lipinski definition) is 4. The maximum Gasteiger partial charge on any atom is 0.231 e. The Balaban J connectivity index is 1.55. The first kappa shape index (κ1) is 13.9. The van der Waals surface area contributed by atoms with E-state index in [2.05, 4.69) is 35.6 Å². The quantitative estimate of drug-likeness (QED) is 0.886. The minimum absolute atomic E-state index is 0.313. The van der Waals surface area contributed by atoms with Gasteiger partial charge >= 0.3 is 0 Å². The summed E-state index contributed by atoms with van der Waals surface area (Å²) in [5, 5.41) is 3.43. The van der Waals surface area contributed by atoms with Gasteiger partial charge < -0.3 is 19.5 Å². The lowest BCUT2D eigenvalue weighted by Crippen LogP contribution is -2.13. The van der Waals surface area contributed by atoms with Gasteiger partial charge in [-0.15, -0.1) is 0 Å². The fourth-order valence-corrected chi connectivity index (χ4v) is 2.39. The van der Waals surface area contributed by atoms with Gasteiger partial charge in [0.1, 0.15) is 0 Å². The second-order valence-corrected chi connectivity index (χ2v) is 5.00. The summed E-state index contributed by atoms with van der Waals surface area (Å²) < 4.78 is 16.0. The molecule has 1 N–H and O–H groups in total. The van der Waals surface area contributed by atoms with Gasteiger partial charge in [0.15, 0.2) is 11.5 Å². The molecule has 2 aromatic rings. The van der Waals surface area contributed by atoms with Crippen LogP contribution in [0.3, 0.4) is 0 Å². The third-order valence-electron chi connectivity index (χ3n) is 3.46. The van der Waals surface area contributed by atoms with Crippen molar-refractivity contribution < 1.29 is 14.2 Å². The van der Waals surface area contributed by atoms with E-state index in [0.29, 0.717) is 13.4 Å². The molecule has 3 rings (SSSR count). The van der Waals surface area contributed by atoms with Crippen LogP contribution in [0.5, 0.6) is 11.5 Å². The molecular weight excluding hydrogens is 266 g/mol. The molecule has 4 nitrogen and oxygen atoms in total. The molecule has 0 bridgehead atoms. The zero-order chi connectivity index (χ0) is 14.5. The Labute approximate surface area is 124 Å². The first-order chi connectivity index (χ1) is 10.4. The highest BCUT2D eigenvalue weighted by molar-refractivity contribution is 5.48. The predicted molar refractivity (Wildman–Crippen MR) is 80.3 cm³/mol. The second kappa shape index (κ2) is 6.61. The molecule has 1 aliphatic heterocycles. The molecule has 4 heteroatoms. The Morgan fingerprint density at radius 1 is 1.00 bits per heavy atom.